The Morgan fingerprint density at radius 2 is 2.00 bits per heavy atom. The fraction of sp³-hybridized carbons (Fsp3) is 0.188. The first-order valence-corrected chi connectivity index (χ1v) is 7.19. The second-order valence-corrected chi connectivity index (χ2v) is 4.89. The Balaban J connectivity index is 1.52. The van der Waals surface area contributed by atoms with Gasteiger partial charge in [0, 0.05) is 12.1 Å². The van der Waals surface area contributed by atoms with E-state index in [9.17, 15) is 14.9 Å². The van der Waals surface area contributed by atoms with Crippen molar-refractivity contribution in [3.05, 3.63) is 58.1 Å². The molecule has 3 rings (SSSR count). The molecule has 0 aliphatic carbocycles. The van der Waals surface area contributed by atoms with Crippen LogP contribution >= 0.6 is 0 Å². The summed E-state index contributed by atoms with van der Waals surface area (Å²) in [6, 6.07) is 11.0. The molecule has 0 saturated carbocycles. The van der Waals surface area contributed by atoms with E-state index in [4.69, 9.17) is 14.2 Å². The summed E-state index contributed by atoms with van der Waals surface area (Å²) in [5.74, 6) is 1.33. The van der Waals surface area contributed by atoms with E-state index in [1.54, 1.807) is 24.3 Å². The molecule has 124 valence electrons. The average molecular weight is 330 g/mol. The lowest BCUT2D eigenvalue weighted by molar-refractivity contribution is -0.385. The number of nitro benzene ring substituents is 1. The van der Waals surface area contributed by atoms with Gasteiger partial charge in [0.2, 0.25) is 6.79 Å². The molecule has 0 aromatic heterocycles. The largest absolute Gasteiger partial charge is 0.492 e. The Hall–Kier alpha value is -3.29. The van der Waals surface area contributed by atoms with Crippen LogP contribution in [0.1, 0.15) is 10.4 Å². The van der Waals surface area contributed by atoms with Crippen molar-refractivity contribution in [1.29, 1.82) is 0 Å². The lowest BCUT2D eigenvalue weighted by Gasteiger charge is -2.08. The summed E-state index contributed by atoms with van der Waals surface area (Å²) in [5.41, 5.74) is -0.211. The van der Waals surface area contributed by atoms with Crippen molar-refractivity contribution in [2.24, 2.45) is 0 Å². The Kier molecular flexibility index (Phi) is 4.46. The van der Waals surface area contributed by atoms with Crippen molar-refractivity contribution >= 4 is 11.6 Å². The number of hydrogen-bond donors (Lipinski definition) is 1. The van der Waals surface area contributed by atoms with Gasteiger partial charge in [-0.05, 0) is 18.2 Å². The van der Waals surface area contributed by atoms with E-state index in [2.05, 4.69) is 5.32 Å². The number of carbonyl (C=O) groups excluding carboxylic acids is 1. The van der Waals surface area contributed by atoms with Gasteiger partial charge in [0.15, 0.2) is 11.5 Å². The molecule has 0 bridgehead atoms. The summed E-state index contributed by atoms with van der Waals surface area (Å²) < 4.78 is 16.0. The number of hydrogen-bond acceptors (Lipinski definition) is 6. The second-order valence-electron chi connectivity index (χ2n) is 4.89. The number of ether oxygens (including phenoxy) is 3. The predicted molar refractivity (Wildman–Crippen MR) is 83.5 cm³/mol. The summed E-state index contributed by atoms with van der Waals surface area (Å²) in [6.45, 7) is 0.607. The van der Waals surface area contributed by atoms with E-state index >= 15 is 0 Å². The van der Waals surface area contributed by atoms with Crippen molar-refractivity contribution in [1.82, 2.24) is 5.32 Å². The maximum absolute atomic E-state index is 12.0. The van der Waals surface area contributed by atoms with Crippen molar-refractivity contribution in [3.63, 3.8) is 0 Å². The Morgan fingerprint density at radius 1 is 1.21 bits per heavy atom. The molecule has 0 radical (unpaired) electrons. The van der Waals surface area contributed by atoms with Crippen molar-refractivity contribution in [2.75, 3.05) is 19.9 Å². The second kappa shape index (κ2) is 6.86. The molecule has 1 aliphatic heterocycles. The fourth-order valence-electron chi connectivity index (χ4n) is 2.22. The SMILES string of the molecule is O=C(NCCOc1ccc2c(c1)OCO2)c1ccccc1[N+](=O)[O-]. The Morgan fingerprint density at radius 3 is 2.83 bits per heavy atom. The van der Waals surface area contributed by atoms with Crippen molar-refractivity contribution in [2.45, 2.75) is 0 Å². The van der Waals surface area contributed by atoms with Gasteiger partial charge in [0.05, 0.1) is 11.5 Å². The minimum Gasteiger partial charge on any atom is -0.492 e. The smallest absolute Gasteiger partial charge is 0.282 e. The van der Waals surface area contributed by atoms with Crippen molar-refractivity contribution in [3.8, 4) is 17.2 Å². The lowest BCUT2D eigenvalue weighted by atomic mass is 10.1. The van der Waals surface area contributed by atoms with Crippen LogP contribution in [-0.4, -0.2) is 30.8 Å². The molecular weight excluding hydrogens is 316 g/mol. The molecule has 8 heteroatoms. The van der Waals surface area contributed by atoms with E-state index in [1.807, 2.05) is 0 Å². The van der Waals surface area contributed by atoms with Gasteiger partial charge in [-0.1, -0.05) is 12.1 Å². The van der Waals surface area contributed by atoms with Crippen LogP contribution in [0.25, 0.3) is 0 Å². The monoisotopic (exact) mass is 330 g/mol. The van der Waals surface area contributed by atoms with Gasteiger partial charge in [0.25, 0.3) is 11.6 Å². The van der Waals surface area contributed by atoms with E-state index in [1.165, 1.54) is 18.2 Å². The minimum absolute atomic E-state index is 0.0191. The van der Waals surface area contributed by atoms with Crippen LogP contribution in [0, 0.1) is 10.1 Å². The molecule has 1 aliphatic rings. The number of para-hydroxylation sites is 1. The zero-order valence-corrected chi connectivity index (χ0v) is 12.6. The number of benzene rings is 2. The zero-order valence-electron chi connectivity index (χ0n) is 12.6. The average Bonchev–Trinajstić information content (AvgIpc) is 3.06. The summed E-state index contributed by atoms with van der Waals surface area (Å²) in [5, 5.41) is 13.5. The molecule has 1 amide bonds. The highest BCUT2D eigenvalue weighted by atomic mass is 16.7. The van der Waals surface area contributed by atoms with E-state index in [0.29, 0.717) is 17.2 Å². The highest BCUT2D eigenvalue weighted by Gasteiger charge is 2.18. The highest BCUT2D eigenvalue weighted by molar-refractivity contribution is 5.98. The molecule has 24 heavy (non-hydrogen) atoms. The first kappa shape index (κ1) is 15.6. The number of rotatable bonds is 6. The molecule has 0 fully saturated rings. The van der Waals surface area contributed by atoms with Crippen LogP contribution < -0.4 is 19.5 Å². The summed E-state index contributed by atoms with van der Waals surface area (Å²) >= 11 is 0. The number of amides is 1. The molecule has 1 N–H and O–H groups in total. The quantitative estimate of drug-likeness (QED) is 0.495. The maximum Gasteiger partial charge on any atom is 0.282 e. The summed E-state index contributed by atoms with van der Waals surface area (Å²) in [7, 11) is 0. The Bertz CT molecular complexity index is 777. The fourth-order valence-corrected chi connectivity index (χ4v) is 2.22. The zero-order chi connectivity index (χ0) is 16.9. The normalized spacial score (nSPS) is 11.8. The van der Waals surface area contributed by atoms with E-state index in [-0.39, 0.29) is 31.2 Å². The van der Waals surface area contributed by atoms with Crippen LogP contribution in [0.2, 0.25) is 0 Å². The molecule has 1 heterocycles. The van der Waals surface area contributed by atoms with Gasteiger partial charge in [-0.2, -0.15) is 0 Å². The molecule has 0 unspecified atom stereocenters. The standard InChI is InChI=1S/C16H14N2O6/c19-16(12-3-1-2-4-13(12)18(20)21)17-7-8-22-11-5-6-14-15(9-11)24-10-23-14/h1-6,9H,7-8,10H2,(H,17,19). The van der Waals surface area contributed by atoms with Crippen LogP contribution in [0.4, 0.5) is 5.69 Å². The molecule has 8 nitrogen and oxygen atoms in total. The van der Waals surface area contributed by atoms with Gasteiger partial charge in [-0.3, -0.25) is 14.9 Å². The highest BCUT2D eigenvalue weighted by Crippen LogP contribution is 2.34. The van der Waals surface area contributed by atoms with Gasteiger partial charge < -0.3 is 19.5 Å². The lowest BCUT2D eigenvalue weighted by Crippen LogP contribution is -2.28. The van der Waals surface area contributed by atoms with Crippen molar-refractivity contribution < 1.29 is 23.9 Å². The number of carbonyl (C=O) groups is 1. The molecule has 2 aromatic rings. The van der Waals surface area contributed by atoms with Crippen LogP contribution in [0.3, 0.4) is 0 Å². The molecule has 2 aromatic carbocycles. The van der Waals surface area contributed by atoms with Gasteiger partial charge in [-0.15, -0.1) is 0 Å². The van der Waals surface area contributed by atoms with Gasteiger partial charge in [-0.25, -0.2) is 0 Å². The third kappa shape index (κ3) is 3.37. The first-order chi connectivity index (χ1) is 11.6. The van der Waals surface area contributed by atoms with Crippen LogP contribution in [0.15, 0.2) is 42.5 Å². The third-order valence-corrected chi connectivity index (χ3v) is 3.35. The third-order valence-electron chi connectivity index (χ3n) is 3.35. The molecule has 0 atom stereocenters. The molecular formula is C16H14N2O6. The number of nitro groups is 1. The topological polar surface area (TPSA) is 99.9 Å². The summed E-state index contributed by atoms with van der Waals surface area (Å²) in [4.78, 5) is 22.4. The first-order valence-electron chi connectivity index (χ1n) is 7.19. The predicted octanol–water partition coefficient (Wildman–Crippen LogP) is 2.13. The molecule has 0 spiro atoms. The number of nitrogens with zero attached hydrogens (tertiary/aromatic N) is 1. The van der Waals surface area contributed by atoms with E-state index < -0.39 is 10.8 Å². The van der Waals surface area contributed by atoms with Gasteiger partial charge >= 0.3 is 0 Å². The maximum atomic E-state index is 12.0. The van der Waals surface area contributed by atoms with E-state index in [0.717, 1.165) is 0 Å². The van der Waals surface area contributed by atoms with Crippen LogP contribution in [0.5, 0.6) is 17.2 Å². The summed E-state index contributed by atoms with van der Waals surface area (Å²) in [6.07, 6.45) is 0. The minimum atomic E-state index is -0.585. The molecule has 0 saturated heterocycles. The van der Waals surface area contributed by atoms with Gasteiger partial charge in [0.1, 0.15) is 17.9 Å². The number of fused-ring (bicyclic) bond motifs is 1. The number of nitrogens with one attached hydrogen (secondary N) is 1. The van der Waals surface area contributed by atoms with Crippen LogP contribution in [-0.2, 0) is 0 Å². The Labute approximate surface area is 137 Å².